The highest BCUT2D eigenvalue weighted by atomic mass is 15.3. The molecule has 0 aliphatic carbocycles. The molecule has 0 fully saturated rings. The Morgan fingerprint density at radius 1 is 1.08 bits per heavy atom. The van der Waals surface area contributed by atoms with Crippen LogP contribution in [0.3, 0.4) is 0 Å². The van der Waals surface area contributed by atoms with E-state index < -0.39 is 0 Å². The second-order valence-corrected chi connectivity index (χ2v) is 5.55. The molecule has 0 amide bonds. The van der Waals surface area contributed by atoms with Gasteiger partial charge >= 0.3 is 0 Å². The van der Waals surface area contributed by atoms with E-state index in [-0.39, 0.29) is 6.04 Å². The highest BCUT2D eigenvalue weighted by molar-refractivity contribution is 5.50. The first-order chi connectivity index (χ1) is 11.9. The van der Waals surface area contributed by atoms with Crippen molar-refractivity contribution in [3.05, 3.63) is 72.7 Å². The molecule has 4 heterocycles. The molecule has 0 aliphatic heterocycles. The number of aromatic nitrogens is 7. The number of pyridine rings is 1. The zero-order chi connectivity index (χ0) is 16.4. The summed E-state index contributed by atoms with van der Waals surface area (Å²) >= 11 is 0. The van der Waals surface area contributed by atoms with E-state index >= 15 is 0 Å². The molecular weight excluding hydrogens is 302 g/mol. The Labute approximate surface area is 139 Å². The minimum atomic E-state index is -0.142. The molecule has 1 atom stereocenters. The maximum Gasteiger partial charge on any atom is 0.162 e. The maximum absolute atomic E-state index is 4.70. The molecule has 0 saturated heterocycles. The third-order valence-corrected chi connectivity index (χ3v) is 4.01. The van der Waals surface area contributed by atoms with Crippen LogP contribution in [0.1, 0.15) is 36.3 Å². The monoisotopic (exact) mass is 319 g/mol. The summed E-state index contributed by atoms with van der Waals surface area (Å²) in [5, 5.41) is 4.21. The predicted molar refractivity (Wildman–Crippen MR) is 88.5 cm³/mol. The van der Waals surface area contributed by atoms with E-state index in [2.05, 4.69) is 27.0 Å². The first-order valence-electron chi connectivity index (χ1n) is 7.94. The van der Waals surface area contributed by atoms with E-state index in [1.165, 1.54) is 0 Å². The third kappa shape index (κ3) is 2.44. The molecule has 0 aliphatic rings. The smallest absolute Gasteiger partial charge is 0.162 e. The van der Waals surface area contributed by atoms with Crippen LogP contribution in [-0.2, 0) is 6.42 Å². The third-order valence-electron chi connectivity index (χ3n) is 4.01. The molecule has 0 spiro atoms. The fourth-order valence-electron chi connectivity index (χ4n) is 2.98. The second kappa shape index (κ2) is 6.19. The SMILES string of the molecule is CCCc1c(C(c2ccccn2)n2ccnc2)ncn2ncnc12. The molecule has 0 N–H and O–H groups in total. The van der Waals surface area contributed by atoms with E-state index in [4.69, 9.17) is 4.98 Å². The van der Waals surface area contributed by atoms with Crippen molar-refractivity contribution in [2.75, 3.05) is 0 Å². The van der Waals surface area contributed by atoms with Gasteiger partial charge in [-0.05, 0) is 18.6 Å². The van der Waals surface area contributed by atoms with Crippen LogP contribution in [0.2, 0.25) is 0 Å². The number of fused-ring (bicyclic) bond motifs is 1. The van der Waals surface area contributed by atoms with Gasteiger partial charge in [0.05, 0.1) is 17.7 Å². The van der Waals surface area contributed by atoms with Gasteiger partial charge in [-0.3, -0.25) is 4.98 Å². The number of rotatable bonds is 5. The van der Waals surface area contributed by atoms with Crippen LogP contribution in [0.25, 0.3) is 5.65 Å². The molecule has 0 radical (unpaired) electrons. The standard InChI is InChI=1S/C17H17N7/c1-2-5-13-15(21-12-24-17(13)20-10-22-24)16(23-9-8-18-11-23)14-6-3-4-7-19-14/h3-4,6-12,16H,2,5H2,1H3. The van der Waals surface area contributed by atoms with E-state index in [1.54, 1.807) is 35.9 Å². The van der Waals surface area contributed by atoms with Crippen molar-refractivity contribution in [2.24, 2.45) is 0 Å². The van der Waals surface area contributed by atoms with Crippen LogP contribution >= 0.6 is 0 Å². The summed E-state index contributed by atoms with van der Waals surface area (Å²) in [7, 11) is 0. The van der Waals surface area contributed by atoms with E-state index in [1.807, 2.05) is 29.0 Å². The summed E-state index contributed by atoms with van der Waals surface area (Å²) in [6.45, 7) is 2.15. The van der Waals surface area contributed by atoms with Crippen molar-refractivity contribution in [3.63, 3.8) is 0 Å². The number of imidazole rings is 1. The summed E-state index contributed by atoms with van der Waals surface area (Å²) in [6, 6.07) is 5.77. The normalized spacial score (nSPS) is 12.5. The maximum atomic E-state index is 4.70. The topological polar surface area (TPSA) is 73.8 Å². The molecule has 4 aromatic rings. The first kappa shape index (κ1) is 14.5. The van der Waals surface area contributed by atoms with Crippen LogP contribution in [0, 0.1) is 0 Å². The Kier molecular flexibility index (Phi) is 3.74. The Bertz CT molecular complexity index is 928. The van der Waals surface area contributed by atoms with Crippen molar-refractivity contribution in [2.45, 2.75) is 25.8 Å². The molecule has 4 rings (SSSR count). The van der Waals surface area contributed by atoms with Crippen molar-refractivity contribution in [1.29, 1.82) is 0 Å². The molecule has 7 heteroatoms. The van der Waals surface area contributed by atoms with Gasteiger partial charge in [0.1, 0.15) is 18.7 Å². The Morgan fingerprint density at radius 3 is 2.79 bits per heavy atom. The lowest BCUT2D eigenvalue weighted by Gasteiger charge is -2.20. The lowest BCUT2D eigenvalue weighted by Crippen LogP contribution is -2.17. The van der Waals surface area contributed by atoms with Gasteiger partial charge in [-0.15, -0.1) is 0 Å². The van der Waals surface area contributed by atoms with Crippen LogP contribution in [-0.4, -0.2) is 34.1 Å². The van der Waals surface area contributed by atoms with E-state index in [9.17, 15) is 0 Å². The number of hydrogen-bond donors (Lipinski definition) is 0. The fourth-order valence-corrected chi connectivity index (χ4v) is 2.98. The molecule has 24 heavy (non-hydrogen) atoms. The van der Waals surface area contributed by atoms with Crippen molar-refractivity contribution >= 4 is 5.65 Å². The van der Waals surface area contributed by atoms with E-state index in [0.29, 0.717) is 0 Å². The number of aryl methyl sites for hydroxylation is 1. The molecular formula is C17H17N7. The van der Waals surface area contributed by atoms with Gasteiger partial charge in [0.25, 0.3) is 0 Å². The van der Waals surface area contributed by atoms with Gasteiger partial charge in [0.2, 0.25) is 0 Å². The minimum Gasteiger partial charge on any atom is -0.323 e. The van der Waals surface area contributed by atoms with Gasteiger partial charge in [-0.1, -0.05) is 19.4 Å². The number of hydrogen-bond acceptors (Lipinski definition) is 5. The molecule has 1 unspecified atom stereocenters. The van der Waals surface area contributed by atoms with Gasteiger partial charge < -0.3 is 4.57 Å². The zero-order valence-electron chi connectivity index (χ0n) is 13.3. The van der Waals surface area contributed by atoms with Crippen LogP contribution in [0.5, 0.6) is 0 Å². The zero-order valence-corrected chi connectivity index (χ0v) is 13.3. The summed E-state index contributed by atoms with van der Waals surface area (Å²) < 4.78 is 3.74. The fraction of sp³-hybridized carbons (Fsp3) is 0.235. The van der Waals surface area contributed by atoms with Gasteiger partial charge in [-0.2, -0.15) is 5.10 Å². The number of nitrogens with zero attached hydrogens (tertiary/aromatic N) is 7. The highest BCUT2D eigenvalue weighted by Gasteiger charge is 2.24. The first-order valence-corrected chi connectivity index (χ1v) is 7.94. The summed E-state index contributed by atoms with van der Waals surface area (Å²) in [4.78, 5) is 17.9. The minimum absolute atomic E-state index is 0.142. The Morgan fingerprint density at radius 2 is 2.04 bits per heavy atom. The van der Waals surface area contributed by atoms with E-state index in [0.717, 1.165) is 35.4 Å². The molecule has 0 aromatic carbocycles. The van der Waals surface area contributed by atoms with Gasteiger partial charge in [0, 0.05) is 24.2 Å². The average Bonchev–Trinajstić information content (AvgIpc) is 3.30. The van der Waals surface area contributed by atoms with Crippen molar-refractivity contribution < 1.29 is 0 Å². The van der Waals surface area contributed by atoms with Crippen LogP contribution in [0.15, 0.2) is 55.8 Å². The summed E-state index contributed by atoms with van der Waals surface area (Å²) in [5.74, 6) is 0. The van der Waals surface area contributed by atoms with Gasteiger partial charge in [0.15, 0.2) is 5.65 Å². The Balaban J connectivity index is 1.96. The van der Waals surface area contributed by atoms with Gasteiger partial charge in [-0.25, -0.2) is 19.5 Å². The lowest BCUT2D eigenvalue weighted by molar-refractivity contribution is 0.624. The van der Waals surface area contributed by atoms with Crippen molar-refractivity contribution in [1.82, 2.24) is 34.1 Å². The molecule has 120 valence electrons. The highest BCUT2D eigenvalue weighted by Crippen LogP contribution is 2.28. The molecule has 7 nitrogen and oxygen atoms in total. The molecule has 0 saturated carbocycles. The molecule has 0 bridgehead atoms. The average molecular weight is 319 g/mol. The quantitative estimate of drug-likeness (QED) is 0.564. The summed E-state index contributed by atoms with van der Waals surface area (Å²) in [5.41, 5.74) is 3.81. The van der Waals surface area contributed by atoms with Crippen LogP contribution < -0.4 is 0 Å². The predicted octanol–water partition coefficient (Wildman–Crippen LogP) is 2.31. The Hall–Kier alpha value is -3.09. The van der Waals surface area contributed by atoms with Crippen LogP contribution in [0.4, 0.5) is 0 Å². The summed E-state index contributed by atoms with van der Waals surface area (Å²) in [6.07, 6.45) is 12.5. The molecule has 4 aromatic heterocycles. The largest absolute Gasteiger partial charge is 0.323 e. The second-order valence-electron chi connectivity index (χ2n) is 5.55. The van der Waals surface area contributed by atoms with Crippen molar-refractivity contribution in [3.8, 4) is 0 Å². The lowest BCUT2D eigenvalue weighted by atomic mass is 10.0.